The summed E-state index contributed by atoms with van der Waals surface area (Å²) < 4.78 is 6.10. The average Bonchev–Trinajstić information content (AvgIpc) is 2.94. The van der Waals surface area contributed by atoms with Gasteiger partial charge in [-0.05, 0) is 49.2 Å². The lowest BCUT2D eigenvalue weighted by Gasteiger charge is -2.11. The summed E-state index contributed by atoms with van der Waals surface area (Å²) >= 11 is 6.20. The number of thioether (sulfide) groups is 1. The SMILES string of the molecule is Cc1ccc(NC(=O)COc2ccccc2/C=C2/SC(=S)NC2=O)cc1C. The zero-order chi connectivity index (χ0) is 19.4. The third-order valence-electron chi connectivity index (χ3n) is 4.00. The number of carbonyl (C=O) groups is 2. The molecule has 2 aromatic rings. The van der Waals surface area contributed by atoms with Gasteiger partial charge in [0.25, 0.3) is 11.8 Å². The highest BCUT2D eigenvalue weighted by Gasteiger charge is 2.22. The van der Waals surface area contributed by atoms with Crippen molar-refractivity contribution in [2.45, 2.75) is 13.8 Å². The van der Waals surface area contributed by atoms with Crippen molar-refractivity contribution in [3.05, 3.63) is 64.1 Å². The fourth-order valence-electron chi connectivity index (χ4n) is 2.45. The number of ether oxygens (including phenoxy) is 1. The van der Waals surface area contributed by atoms with Gasteiger partial charge >= 0.3 is 0 Å². The molecule has 0 atom stereocenters. The molecule has 0 aromatic heterocycles. The first-order valence-corrected chi connectivity index (χ1v) is 9.48. The van der Waals surface area contributed by atoms with Crippen molar-refractivity contribution in [1.29, 1.82) is 0 Å². The standard InChI is InChI=1S/C20H18N2O3S2/c1-12-7-8-15(9-13(12)2)21-18(23)11-25-16-6-4-3-5-14(16)10-17-19(24)22-20(26)27-17/h3-10H,11H2,1-2H3,(H,21,23)(H,22,24,26)/b17-10+. The zero-order valence-electron chi connectivity index (χ0n) is 14.9. The number of para-hydroxylation sites is 1. The van der Waals surface area contributed by atoms with Crippen LogP contribution in [0.2, 0.25) is 0 Å². The van der Waals surface area contributed by atoms with Crippen LogP contribution in [0.15, 0.2) is 47.4 Å². The summed E-state index contributed by atoms with van der Waals surface area (Å²) in [5, 5.41) is 5.40. The molecule has 0 bridgehead atoms. The van der Waals surface area contributed by atoms with E-state index in [-0.39, 0.29) is 18.4 Å². The van der Waals surface area contributed by atoms with E-state index < -0.39 is 0 Å². The Morgan fingerprint density at radius 3 is 2.70 bits per heavy atom. The number of hydrogen-bond acceptors (Lipinski definition) is 5. The van der Waals surface area contributed by atoms with Gasteiger partial charge in [-0.3, -0.25) is 9.59 Å². The van der Waals surface area contributed by atoms with E-state index in [9.17, 15) is 9.59 Å². The van der Waals surface area contributed by atoms with Crippen molar-refractivity contribution < 1.29 is 14.3 Å². The molecule has 2 N–H and O–H groups in total. The molecule has 2 aromatic carbocycles. The van der Waals surface area contributed by atoms with Crippen LogP contribution < -0.4 is 15.4 Å². The first-order valence-electron chi connectivity index (χ1n) is 8.26. The smallest absolute Gasteiger partial charge is 0.263 e. The number of rotatable bonds is 5. The molecule has 7 heteroatoms. The maximum Gasteiger partial charge on any atom is 0.263 e. The fraction of sp³-hybridized carbons (Fsp3) is 0.150. The van der Waals surface area contributed by atoms with Crippen LogP contribution in [0.3, 0.4) is 0 Å². The van der Waals surface area contributed by atoms with E-state index in [0.29, 0.717) is 20.5 Å². The lowest BCUT2D eigenvalue weighted by molar-refractivity contribution is -0.118. The topological polar surface area (TPSA) is 67.4 Å². The first kappa shape index (κ1) is 19.1. The van der Waals surface area contributed by atoms with Crippen LogP contribution >= 0.6 is 24.0 Å². The Labute approximate surface area is 167 Å². The molecule has 27 heavy (non-hydrogen) atoms. The van der Waals surface area contributed by atoms with Crippen LogP contribution in [-0.4, -0.2) is 22.7 Å². The fourth-order valence-corrected chi connectivity index (χ4v) is 3.49. The maximum atomic E-state index is 12.2. The van der Waals surface area contributed by atoms with Gasteiger partial charge in [0.1, 0.15) is 10.1 Å². The van der Waals surface area contributed by atoms with Crippen LogP contribution in [0, 0.1) is 13.8 Å². The van der Waals surface area contributed by atoms with E-state index in [2.05, 4.69) is 10.6 Å². The van der Waals surface area contributed by atoms with Crippen molar-refractivity contribution in [2.75, 3.05) is 11.9 Å². The molecule has 3 rings (SSSR count). The van der Waals surface area contributed by atoms with Gasteiger partial charge in [-0.1, -0.05) is 48.2 Å². The van der Waals surface area contributed by atoms with Crippen LogP contribution in [0.1, 0.15) is 16.7 Å². The van der Waals surface area contributed by atoms with Gasteiger partial charge in [0.15, 0.2) is 6.61 Å². The summed E-state index contributed by atoms with van der Waals surface area (Å²) in [6.45, 7) is 3.88. The summed E-state index contributed by atoms with van der Waals surface area (Å²) in [4.78, 5) is 24.5. The highest BCUT2D eigenvalue weighted by atomic mass is 32.2. The van der Waals surface area contributed by atoms with Crippen molar-refractivity contribution in [2.24, 2.45) is 0 Å². The van der Waals surface area contributed by atoms with Gasteiger partial charge in [-0.2, -0.15) is 0 Å². The van der Waals surface area contributed by atoms with Crippen LogP contribution in [-0.2, 0) is 9.59 Å². The number of amides is 2. The molecule has 0 unspecified atom stereocenters. The molecule has 5 nitrogen and oxygen atoms in total. The maximum absolute atomic E-state index is 12.2. The quantitative estimate of drug-likeness (QED) is 0.592. The molecular formula is C20H18N2O3S2. The molecule has 1 fully saturated rings. The lowest BCUT2D eigenvalue weighted by Crippen LogP contribution is -2.20. The van der Waals surface area contributed by atoms with Crippen LogP contribution in [0.5, 0.6) is 5.75 Å². The largest absolute Gasteiger partial charge is 0.483 e. The summed E-state index contributed by atoms with van der Waals surface area (Å²) in [6, 6.07) is 13.0. The molecule has 0 aliphatic carbocycles. The number of benzene rings is 2. The van der Waals surface area contributed by atoms with Gasteiger partial charge in [0.05, 0.1) is 4.91 Å². The first-order chi connectivity index (χ1) is 12.9. The second-order valence-electron chi connectivity index (χ2n) is 6.03. The predicted molar refractivity (Wildman–Crippen MR) is 113 cm³/mol. The van der Waals surface area contributed by atoms with Crippen molar-refractivity contribution in [1.82, 2.24) is 5.32 Å². The Balaban J connectivity index is 1.67. The van der Waals surface area contributed by atoms with E-state index in [1.807, 2.05) is 50.2 Å². The van der Waals surface area contributed by atoms with Gasteiger partial charge in [-0.15, -0.1) is 0 Å². The number of hydrogen-bond donors (Lipinski definition) is 2. The third kappa shape index (κ3) is 4.96. The molecule has 0 spiro atoms. The Morgan fingerprint density at radius 2 is 2.00 bits per heavy atom. The third-order valence-corrected chi connectivity index (χ3v) is 5.16. The Bertz CT molecular complexity index is 954. The zero-order valence-corrected chi connectivity index (χ0v) is 16.5. The van der Waals surface area contributed by atoms with Crippen molar-refractivity contribution >= 4 is 51.9 Å². The number of carbonyl (C=O) groups excluding carboxylic acids is 2. The van der Waals surface area contributed by atoms with Gasteiger partial charge in [0, 0.05) is 11.3 Å². The summed E-state index contributed by atoms with van der Waals surface area (Å²) in [5.74, 6) is 0.0358. The minimum atomic E-state index is -0.255. The van der Waals surface area contributed by atoms with Crippen LogP contribution in [0.4, 0.5) is 5.69 Å². The molecular weight excluding hydrogens is 380 g/mol. The monoisotopic (exact) mass is 398 g/mol. The number of thiocarbonyl (C=S) groups is 1. The van der Waals surface area contributed by atoms with E-state index >= 15 is 0 Å². The van der Waals surface area contributed by atoms with Gasteiger partial charge in [-0.25, -0.2) is 0 Å². The van der Waals surface area contributed by atoms with E-state index in [1.165, 1.54) is 17.3 Å². The number of nitrogens with one attached hydrogen (secondary N) is 2. The molecule has 1 aliphatic heterocycles. The van der Waals surface area contributed by atoms with Gasteiger partial charge in [0.2, 0.25) is 0 Å². The number of anilines is 1. The van der Waals surface area contributed by atoms with Crippen molar-refractivity contribution in [3.8, 4) is 5.75 Å². The molecule has 2 amide bonds. The molecule has 1 saturated heterocycles. The Morgan fingerprint density at radius 1 is 1.22 bits per heavy atom. The van der Waals surface area contributed by atoms with Gasteiger partial charge < -0.3 is 15.4 Å². The normalized spacial score (nSPS) is 15.0. The Kier molecular flexibility index (Phi) is 5.93. The molecule has 0 saturated carbocycles. The molecule has 1 aliphatic rings. The summed E-state index contributed by atoms with van der Waals surface area (Å²) in [7, 11) is 0. The molecule has 1 heterocycles. The lowest BCUT2D eigenvalue weighted by atomic mass is 10.1. The summed E-state index contributed by atoms with van der Waals surface area (Å²) in [6.07, 6.45) is 1.70. The van der Waals surface area contributed by atoms with E-state index in [1.54, 1.807) is 12.1 Å². The minimum Gasteiger partial charge on any atom is -0.483 e. The van der Waals surface area contributed by atoms with E-state index in [0.717, 1.165) is 11.3 Å². The van der Waals surface area contributed by atoms with Crippen LogP contribution in [0.25, 0.3) is 6.08 Å². The highest BCUT2D eigenvalue weighted by molar-refractivity contribution is 8.26. The molecule has 138 valence electrons. The second kappa shape index (κ2) is 8.37. The summed E-state index contributed by atoms with van der Waals surface area (Å²) in [5.41, 5.74) is 3.71. The predicted octanol–water partition coefficient (Wildman–Crippen LogP) is 3.81. The Hall–Kier alpha value is -2.64. The number of aryl methyl sites for hydroxylation is 2. The second-order valence-corrected chi connectivity index (χ2v) is 7.74. The molecule has 0 radical (unpaired) electrons. The highest BCUT2D eigenvalue weighted by Crippen LogP contribution is 2.29. The van der Waals surface area contributed by atoms with E-state index in [4.69, 9.17) is 17.0 Å². The minimum absolute atomic E-state index is 0.134. The average molecular weight is 399 g/mol. The van der Waals surface area contributed by atoms with Crippen molar-refractivity contribution in [3.63, 3.8) is 0 Å².